The molecule has 4 aliphatic rings. The fourth-order valence-electron chi connectivity index (χ4n) is 5.40. The monoisotopic (exact) mass is 272 g/mol. The number of carboxylic acid groups (broad SMARTS) is 1. The summed E-state index contributed by atoms with van der Waals surface area (Å²) in [5, 5.41) is 19.8. The van der Waals surface area contributed by atoms with E-state index in [9.17, 15) is 9.90 Å². The van der Waals surface area contributed by atoms with E-state index in [1.165, 1.54) is 18.4 Å². The minimum atomic E-state index is -0.853. The molecule has 2 atom stereocenters. The lowest BCUT2D eigenvalue weighted by Crippen LogP contribution is -2.53. The molecule has 20 heavy (non-hydrogen) atoms. The van der Waals surface area contributed by atoms with Gasteiger partial charge in [-0.2, -0.15) is 0 Å². The van der Waals surface area contributed by atoms with Crippen LogP contribution in [0.15, 0.2) is 24.3 Å². The van der Waals surface area contributed by atoms with E-state index in [0.717, 1.165) is 19.3 Å². The highest BCUT2D eigenvalue weighted by Crippen LogP contribution is 2.61. The Morgan fingerprint density at radius 3 is 2.45 bits per heavy atom. The lowest BCUT2D eigenvalue weighted by atomic mass is 9.49. The summed E-state index contributed by atoms with van der Waals surface area (Å²) in [5.41, 5.74) is 1.13. The third kappa shape index (κ3) is 1.80. The largest absolute Gasteiger partial charge is 0.478 e. The molecule has 2 N–H and O–H groups in total. The standard InChI is InChI=1S/C17H20O3/c18-16(19)12-3-1-2-11(6-12)15-13-4-10-5-14(15)9-17(20,7-10)8-13/h1-3,6,10,13-15,20H,4-5,7-9H2,(H,18,19). The Morgan fingerprint density at radius 1 is 1.15 bits per heavy atom. The first-order valence-electron chi connectivity index (χ1n) is 7.60. The molecule has 0 radical (unpaired) electrons. The van der Waals surface area contributed by atoms with Crippen LogP contribution in [-0.4, -0.2) is 21.8 Å². The molecule has 4 aliphatic carbocycles. The van der Waals surface area contributed by atoms with Gasteiger partial charge in [0, 0.05) is 0 Å². The average Bonchev–Trinajstić information content (AvgIpc) is 2.36. The molecule has 1 aromatic rings. The topological polar surface area (TPSA) is 57.5 Å². The van der Waals surface area contributed by atoms with Gasteiger partial charge in [-0.3, -0.25) is 0 Å². The molecule has 106 valence electrons. The molecule has 0 spiro atoms. The van der Waals surface area contributed by atoms with E-state index >= 15 is 0 Å². The Bertz CT molecular complexity index is 549. The molecule has 0 amide bonds. The highest BCUT2D eigenvalue weighted by molar-refractivity contribution is 5.87. The predicted molar refractivity (Wildman–Crippen MR) is 74.6 cm³/mol. The predicted octanol–water partition coefficient (Wildman–Crippen LogP) is 3.04. The second kappa shape index (κ2) is 4.08. The van der Waals surface area contributed by atoms with Crippen molar-refractivity contribution in [2.24, 2.45) is 17.8 Å². The van der Waals surface area contributed by atoms with E-state index in [0.29, 0.717) is 29.2 Å². The quantitative estimate of drug-likeness (QED) is 0.870. The number of rotatable bonds is 2. The molecular formula is C17H20O3. The van der Waals surface area contributed by atoms with E-state index in [-0.39, 0.29) is 0 Å². The lowest BCUT2D eigenvalue weighted by molar-refractivity contribution is -0.134. The summed E-state index contributed by atoms with van der Waals surface area (Å²) >= 11 is 0. The SMILES string of the molecule is O=C(O)c1cccc(C2C3CC4CC2CC(O)(C4)C3)c1. The summed E-state index contributed by atoms with van der Waals surface area (Å²) in [6, 6.07) is 7.44. The van der Waals surface area contributed by atoms with Gasteiger partial charge in [0.2, 0.25) is 0 Å². The second-order valence-corrected chi connectivity index (χ2v) is 7.15. The van der Waals surface area contributed by atoms with Crippen molar-refractivity contribution >= 4 is 5.97 Å². The Hall–Kier alpha value is -1.35. The van der Waals surface area contributed by atoms with E-state index in [4.69, 9.17) is 5.11 Å². The van der Waals surface area contributed by atoms with Crippen LogP contribution in [0.5, 0.6) is 0 Å². The molecule has 2 unspecified atom stereocenters. The molecule has 0 aliphatic heterocycles. The van der Waals surface area contributed by atoms with Gasteiger partial charge in [-0.15, -0.1) is 0 Å². The summed E-state index contributed by atoms with van der Waals surface area (Å²) in [5.74, 6) is 1.36. The number of aromatic carboxylic acids is 1. The molecular weight excluding hydrogens is 252 g/mol. The summed E-state index contributed by atoms with van der Waals surface area (Å²) < 4.78 is 0. The van der Waals surface area contributed by atoms with Crippen molar-refractivity contribution in [1.29, 1.82) is 0 Å². The molecule has 1 aromatic carbocycles. The van der Waals surface area contributed by atoms with Gasteiger partial charge in [0.25, 0.3) is 0 Å². The lowest BCUT2D eigenvalue weighted by Gasteiger charge is -2.58. The van der Waals surface area contributed by atoms with Crippen molar-refractivity contribution in [3.05, 3.63) is 35.4 Å². The fraction of sp³-hybridized carbons (Fsp3) is 0.588. The Labute approximate surface area is 118 Å². The van der Waals surface area contributed by atoms with E-state index in [1.807, 2.05) is 12.1 Å². The number of benzene rings is 1. The van der Waals surface area contributed by atoms with Crippen LogP contribution in [0.3, 0.4) is 0 Å². The van der Waals surface area contributed by atoms with Crippen LogP contribution in [-0.2, 0) is 0 Å². The molecule has 0 heterocycles. The van der Waals surface area contributed by atoms with Crippen molar-refractivity contribution < 1.29 is 15.0 Å². The summed E-state index contributed by atoms with van der Waals surface area (Å²) in [4.78, 5) is 11.2. The molecule has 3 nitrogen and oxygen atoms in total. The average molecular weight is 272 g/mol. The van der Waals surface area contributed by atoms with Crippen LogP contribution in [0, 0.1) is 17.8 Å². The maximum Gasteiger partial charge on any atom is 0.335 e. The minimum absolute atomic E-state index is 0.384. The number of carboxylic acids is 1. The zero-order chi connectivity index (χ0) is 13.9. The van der Waals surface area contributed by atoms with Crippen molar-refractivity contribution in [1.82, 2.24) is 0 Å². The van der Waals surface area contributed by atoms with Gasteiger partial charge >= 0.3 is 5.97 Å². The van der Waals surface area contributed by atoms with Crippen LogP contribution in [0.2, 0.25) is 0 Å². The summed E-state index contributed by atoms with van der Waals surface area (Å²) in [6.45, 7) is 0. The molecule has 4 fully saturated rings. The van der Waals surface area contributed by atoms with Gasteiger partial charge < -0.3 is 10.2 Å². The van der Waals surface area contributed by atoms with Gasteiger partial charge in [-0.05, 0) is 73.5 Å². The van der Waals surface area contributed by atoms with Crippen molar-refractivity contribution in [2.45, 2.75) is 43.6 Å². The first kappa shape index (κ1) is 12.4. The van der Waals surface area contributed by atoms with Crippen LogP contribution >= 0.6 is 0 Å². The van der Waals surface area contributed by atoms with Crippen LogP contribution in [0.4, 0.5) is 0 Å². The Balaban J connectivity index is 1.70. The van der Waals surface area contributed by atoms with E-state index in [2.05, 4.69) is 6.07 Å². The van der Waals surface area contributed by atoms with E-state index < -0.39 is 11.6 Å². The Kier molecular flexibility index (Phi) is 2.53. The molecule has 0 aromatic heterocycles. The van der Waals surface area contributed by atoms with Crippen molar-refractivity contribution in [2.75, 3.05) is 0 Å². The zero-order valence-corrected chi connectivity index (χ0v) is 11.5. The van der Waals surface area contributed by atoms with Gasteiger partial charge in [0.05, 0.1) is 11.2 Å². The first-order chi connectivity index (χ1) is 9.54. The third-order valence-corrected chi connectivity index (χ3v) is 5.76. The number of carbonyl (C=O) groups is 1. The molecule has 5 rings (SSSR count). The fourth-order valence-corrected chi connectivity index (χ4v) is 5.40. The van der Waals surface area contributed by atoms with Gasteiger partial charge in [-0.25, -0.2) is 4.79 Å². The number of hydrogen-bond donors (Lipinski definition) is 2. The number of hydrogen-bond acceptors (Lipinski definition) is 2. The van der Waals surface area contributed by atoms with Crippen molar-refractivity contribution in [3.8, 4) is 0 Å². The second-order valence-electron chi connectivity index (χ2n) is 7.15. The minimum Gasteiger partial charge on any atom is -0.478 e. The van der Waals surface area contributed by atoms with Gasteiger partial charge in [-0.1, -0.05) is 12.1 Å². The van der Waals surface area contributed by atoms with Crippen molar-refractivity contribution in [3.63, 3.8) is 0 Å². The van der Waals surface area contributed by atoms with E-state index in [1.54, 1.807) is 6.07 Å². The zero-order valence-electron chi connectivity index (χ0n) is 11.5. The van der Waals surface area contributed by atoms with Crippen LogP contribution in [0.25, 0.3) is 0 Å². The Morgan fingerprint density at radius 2 is 1.85 bits per heavy atom. The molecule has 0 saturated heterocycles. The van der Waals surface area contributed by atoms with Gasteiger partial charge in [0.1, 0.15) is 0 Å². The molecule has 4 saturated carbocycles. The van der Waals surface area contributed by atoms with Crippen LogP contribution in [0.1, 0.15) is 53.9 Å². The normalized spacial score (nSPS) is 41.9. The third-order valence-electron chi connectivity index (χ3n) is 5.76. The first-order valence-corrected chi connectivity index (χ1v) is 7.60. The summed E-state index contributed by atoms with van der Waals surface area (Å²) in [7, 11) is 0. The van der Waals surface area contributed by atoms with Gasteiger partial charge in [0.15, 0.2) is 0 Å². The highest BCUT2D eigenvalue weighted by atomic mass is 16.4. The maximum absolute atomic E-state index is 11.2. The van der Waals surface area contributed by atoms with Crippen LogP contribution < -0.4 is 0 Å². The highest BCUT2D eigenvalue weighted by Gasteiger charge is 2.54. The summed E-state index contributed by atoms with van der Waals surface area (Å²) in [6.07, 6.45) is 5.22. The smallest absolute Gasteiger partial charge is 0.335 e. The maximum atomic E-state index is 11.2. The number of aliphatic hydroxyl groups is 1. The molecule has 3 heteroatoms. The molecule has 4 bridgehead atoms.